The molecule has 0 unspecified atom stereocenters. The number of nitrogens with zero attached hydrogens (tertiary/aromatic N) is 4. The molecule has 0 spiro atoms. The van der Waals surface area contributed by atoms with Crippen molar-refractivity contribution in [3.05, 3.63) is 18.1 Å². The first-order chi connectivity index (χ1) is 15.9. The Morgan fingerprint density at radius 1 is 1.21 bits per heavy atom. The van der Waals surface area contributed by atoms with Crippen molar-refractivity contribution in [3.8, 4) is 0 Å². The number of imidazole rings is 1. The van der Waals surface area contributed by atoms with Crippen LogP contribution in [0, 0.1) is 5.92 Å². The molecule has 4 heterocycles. The van der Waals surface area contributed by atoms with Crippen LogP contribution in [-0.2, 0) is 11.2 Å². The number of nitrogens with one attached hydrogen (secondary N) is 2. The van der Waals surface area contributed by atoms with Crippen molar-refractivity contribution in [2.75, 3.05) is 31.5 Å². The predicted molar refractivity (Wildman–Crippen MR) is 130 cm³/mol. The van der Waals surface area contributed by atoms with Gasteiger partial charge >= 0.3 is 6.09 Å². The Balaban J connectivity index is 1.13. The van der Waals surface area contributed by atoms with Crippen LogP contribution < -0.4 is 10.6 Å². The van der Waals surface area contributed by atoms with Gasteiger partial charge in [-0.1, -0.05) is 0 Å². The topological polar surface area (TPSA) is 84.3 Å². The lowest BCUT2D eigenvalue weighted by molar-refractivity contribution is 0.0164. The molecule has 0 radical (unpaired) electrons. The van der Waals surface area contributed by atoms with E-state index in [4.69, 9.17) is 4.74 Å². The number of rotatable bonds is 4. The summed E-state index contributed by atoms with van der Waals surface area (Å²) >= 11 is 0. The number of likely N-dealkylation sites (tertiary alicyclic amines) is 1. The van der Waals surface area contributed by atoms with Gasteiger partial charge in [0.2, 0.25) is 0 Å². The Bertz CT molecular complexity index is 989. The molecule has 2 aromatic heterocycles. The maximum absolute atomic E-state index is 12.4. The fraction of sp³-hybridized carbons (Fsp3) is 0.720. The number of carbonyl (C=O) groups is 1. The van der Waals surface area contributed by atoms with Crippen molar-refractivity contribution in [3.63, 3.8) is 0 Å². The first kappa shape index (κ1) is 22.4. The molecular weight excluding hydrogens is 416 g/mol. The summed E-state index contributed by atoms with van der Waals surface area (Å²) in [6, 6.07) is 1.07. The third-order valence-corrected chi connectivity index (χ3v) is 7.33. The second-order valence-corrected chi connectivity index (χ2v) is 11.0. The van der Waals surface area contributed by atoms with Crippen LogP contribution in [0.1, 0.15) is 70.9 Å². The van der Waals surface area contributed by atoms with Gasteiger partial charge in [0.25, 0.3) is 0 Å². The van der Waals surface area contributed by atoms with E-state index in [1.54, 1.807) is 0 Å². The van der Waals surface area contributed by atoms with Gasteiger partial charge in [0, 0.05) is 37.3 Å². The van der Waals surface area contributed by atoms with Crippen molar-refractivity contribution >= 4 is 22.9 Å². The van der Waals surface area contributed by atoms with Crippen LogP contribution >= 0.6 is 0 Å². The number of fused-ring (bicyclic) bond motifs is 3. The maximum atomic E-state index is 12.4. The van der Waals surface area contributed by atoms with Gasteiger partial charge in [-0.3, -0.25) is 0 Å². The van der Waals surface area contributed by atoms with E-state index in [1.807, 2.05) is 38.2 Å². The molecule has 2 N–H and O–H groups in total. The summed E-state index contributed by atoms with van der Waals surface area (Å²) in [4.78, 5) is 23.5. The Kier molecular flexibility index (Phi) is 6.20. The standard InChI is InChI=1S/C25H38N6O2/c1-25(2,3)33-24(32)30-12-4-5-17(15-30)13-27-18-6-8-19(9-7-18)31-16-29-21-14-28-23-20(22(21)31)10-11-26-23/h14,16-19,27H,4-13,15H2,1-3H3,(H,26,28)/t17-,18?,19?/m1/s1. The minimum atomic E-state index is -0.436. The van der Waals surface area contributed by atoms with Crippen LogP contribution in [0.3, 0.4) is 0 Å². The number of aromatic nitrogens is 3. The Hall–Kier alpha value is -2.35. The molecule has 5 rings (SSSR count). The maximum Gasteiger partial charge on any atom is 0.410 e. The minimum absolute atomic E-state index is 0.169. The number of anilines is 1. The zero-order chi connectivity index (χ0) is 23.0. The summed E-state index contributed by atoms with van der Waals surface area (Å²) in [6.45, 7) is 9.34. The Labute approximate surface area is 196 Å². The van der Waals surface area contributed by atoms with E-state index in [9.17, 15) is 4.79 Å². The largest absolute Gasteiger partial charge is 0.444 e. The van der Waals surface area contributed by atoms with Crippen LogP contribution in [0.15, 0.2) is 12.5 Å². The SMILES string of the molecule is CC(C)(C)OC(=O)N1CCC[C@H](CNC2CCC(n3cnc4cnc5c(c43)CCN5)CC2)C1. The van der Waals surface area contributed by atoms with E-state index in [0.29, 0.717) is 18.0 Å². The van der Waals surface area contributed by atoms with Gasteiger partial charge < -0.3 is 24.8 Å². The average Bonchev–Trinajstić information content (AvgIpc) is 3.43. The lowest BCUT2D eigenvalue weighted by Gasteiger charge is -2.36. The van der Waals surface area contributed by atoms with Crippen molar-refractivity contribution in [1.82, 2.24) is 24.8 Å². The number of amides is 1. The number of pyridine rings is 1. The molecule has 2 aliphatic heterocycles. The zero-order valence-electron chi connectivity index (χ0n) is 20.3. The number of hydrogen-bond acceptors (Lipinski definition) is 6. The third kappa shape index (κ3) is 4.95. The molecule has 1 saturated carbocycles. The summed E-state index contributed by atoms with van der Waals surface area (Å²) in [5.41, 5.74) is 3.20. The van der Waals surface area contributed by atoms with E-state index in [-0.39, 0.29) is 6.09 Å². The monoisotopic (exact) mass is 454 g/mol. The minimum Gasteiger partial charge on any atom is -0.444 e. The van der Waals surface area contributed by atoms with E-state index >= 15 is 0 Å². The van der Waals surface area contributed by atoms with Gasteiger partial charge in [0.15, 0.2) is 0 Å². The summed E-state index contributed by atoms with van der Waals surface area (Å²) < 4.78 is 7.99. The molecule has 1 saturated heterocycles. The van der Waals surface area contributed by atoms with Crippen molar-refractivity contribution < 1.29 is 9.53 Å². The van der Waals surface area contributed by atoms with E-state index < -0.39 is 5.60 Å². The smallest absolute Gasteiger partial charge is 0.410 e. The lowest BCUT2D eigenvalue weighted by Crippen LogP contribution is -2.46. The molecule has 2 fully saturated rings. The second-order valence-electron chi connectivity index (χ2n) is 11.0. The van der Waals surface area contributed by atoms with Crippen LogP contribution in [0.25, 0.3) is 11.0 Å². The molecule has 8 heteroatoms. The molecule has 33 heavy (non-hydrogen) atoms. The molecule has 0 aromatic carbocycles. The first-order valence-electron chi connectivity index (χ1n) is 12.7. The number of carbonyl (C=O) groups excluding carboxylic acids is 1. The van der Waals surface area contributed by atoms with Crippen molar-refractivity contribution in [1.29, 1.82) is 0 Å². The summed E-state index contributed by atoms with van der Waals surface area (Å²) in [7, 11) is 0. The molecule has 1 amide bonds. The zero-order valence-corrected chi connectivity index (χ0v) is 20.3. The van der Waals surface area contributed by atoms with Crippen LogP contribution in [0.2, 0.25) is 0 Å². The van der Waals surface area contributed by atoms with Crippen molar-refractivity contribution in [2.24, 2.45) is 5.92 Å². The van der Waals surface area contributed by atoms with Crippen LogP contribution in [-0.4, -0.2) is 63.4 Å². The molecule has 8 nitrogen and oxygen atoms in total. The summed E-state index contributed by atoms with van der Waals surface area (Å²) in [6.07, 6.45) is 11.7. The van der Waals surface area contributed by atoms with E-state index in [0.717, 1.165) is 50.4 Å². The lowest BCUT2D eigenvalue weighted by atomic mass is 9.90. The Morgan fingerprint density at radius 2 is 2.03 bits per heavy atom. The molecule has 1 atom stereocenters. The van der Waals surface area contributed by atoms with Gasteiger partial charge in [-0.25, -0.2) is 14.8 Å². The molecule has 3 aliphatic rings. The number of ether oxygens (including phenoxy) is 1. The molecule has 0 bridgehead atoms. The second kappa shape index (κ2) is 9.12. The summed E-state index contributed by atoms with van der Waals surface area (Å²) in [5, 5.41) is 7.21. The van der Waals surface area contributed by atoms with Gasteiger partial charge in [-0.2, -0.15) is 0 Å². The predicted octanol–water partition coefficient (Wildman–Crippen LogP) is 4.12. The summed E-state index contributed by atoms with van der Waals surface area (Å²) in [5.74, 6) is 1.54. The number of piperidine rings is 1. The molecule has 2 aromatic rings. The van der Waals surface area contributed by atoms with E-state index in [1.165, 1.54) is 43.2 Å². The van der Waals surface area contributed by atoms with Gasteiger partial charge in [-0.05, 0) is 78.2 Å². The van der Waals surface area contributed by atoms with Crippen LogP contribution in [0.5, 0.6) is 0 Å². The highest BCUT2D eigenvalue weighted by molar-refractivity contribution is 5.83. The van der Waals surface area contributed by atoms with E-state index in [2.05, 4.69) is 25.2 Å². The highest BCUT2D eigenvalue weighted by Crippen LogP contribution is 2.35. The fourth-order valence-corrected chi connectivity index (χ4v) is 5.68. The van der Waals surface area contributed by atoms with Gasteiger partial charge in [0.05, 0.1) is 18.0 Å². The van der Waals surface area contributed by atoms with Crippen LogP contribution in [0.4, 0.5) is 10.6 Å². The Morgan fingerprint density at radius 3 is 2.82 bits per heavy atom. The van der Waals surface area contributed by atoms with Gasteiger partial charge in [-0.15, -0.1) is 0 Å². The molecular formula is C25H38N6O2. The molecule has 180 valence electrons. The normalized spacial score (nSPS) is 25.7. The van der Waals surface area contributed by atoms with Crippen molar-refractivity contribution in [2.45, 2.75) is 83.4 Å². The fourth-order valence-electron chi connectivity index (χ4n) is 5.68. The first-order valence-corrected chi connectivity index (χ1v) is 12.7. The highest BCUT2D eigenvalue weighted by Gasteiger charge is 2.29. The molecule has 1 aliphatic carbocycles. The van der Waals surface area contributed by atoms with Gasteiger partial charge in [0.1, 0.15) is 16.9 Å². The average molecular weight is 455 g/mol. The third-order valence-electron chi connectivity index (χ3n) is 7.33. The highest BCUT2D eigenvalue weighted by atomic mass is 16.6. The number of hydrogen-bond donors (Lipinski definition) is 2. The quantitative estimate of drug-likeness (QED) is 0.723.